The number of thiocarbonyl (C=S) groups is 1. The second kappa shape index (κ2) is 9.41. The molecule has 0 aliphatic rings. The van der Waals surface area contributed by atoms with E-state index in [9.17, 15) is 9.59 Å². The number of hydrogen-bond donors (Lipinski definition) is 3. The number of amides is 2. The lowest BCUT2D eigenvalue weighted by molar-refractivity contribution is 0.0560. The van der Waals surface area contributed by atoms with Gasteiger partial charge in [-0.3, -0.25) is 5.32 Å². The second-order valence-electron chi connectivity index (χ2n) is 6.99. The summed E-state index contributed by atoms with van der Waals surface area (Å²) in [6.45, 7) is 10.6. The average Bonchev–Trinajstić information content (AvgIpc) is 2.28. The number of aliphatic hydroxyl groups is 1. The van der Waals surface area contributed by atoms with Crippen LogP contribution in [0.4, 0.5) is 9.59 Å². The first-order valence-corrected chi connectivity index (χ1v) is 7.97. The van der Waals surface area contributed by atoms with Crippen molar-refractivity contribution in [1.29, 1.82) is 0 Å². The molecule has 2 amide bonds. The number of aliphatic imine (C=N–C) groups is 1. The van der Waals surface area contributed by atoms with Gasteiger partial charge in [-0.05, 0) is 60.2 Å². The van der Waals surface area contributed by atoms with Crippen LogP contribution < -0.4 is 10.6 Å². The van der Waals surface area contributed by atoms with Crippen LogP contribution in [-0.2, 0) is 9.47 Å². The first-order valence-electron chi connectivity index (χ1n) is 7.56. The van der Waals surface area contributed by atoms with E-state index in [1.54, 1.807) is 41.5 Å². The Hall–Kier alpha value is -1.90. The van der Waals surface area contributed by atoms with E-state index in [1.807, 2.05) is 0 Å². The van der Waals surface area contributed by atoms with E-state index in [0.717, 1.165) is 0 Å². The van der Waals surface area contributed by atoms with Gasteiger partial charge in [0.05, 0.1) is 0 Å². The second-order valence-corrected chi connectivity index (χ2v) is 7.46. The number of ether oxygens (including phenoxy) is 2. The third-order valence-electron chi connectivity index (χ3n) is 2.08. The number of aliphatic hydroxyl groups excluding tert-OH is 1. The quantitative estimate of drug-likeness (QED) is 0.305. The Morgan fingerprint density at radius 1 is 1.08 bits per heavy atom. The van der Waals surface area contributed by atoms with Crippen molar-refractivity contribution >= 4 is 35.4 Å². The molecule has 3 N–H and O–H groups in total. The van der Waals surface area contributed by atoms with Crippen LogP contribution in [0.5, 0.6) is 0 Å². The molecule has 0 saturated heterocycles. The molecule has 9 heteroatoms. The molecule has 8 nitrogen and oxygen atoms in total. The van der Waals surface area contributed by atoms with Crippen molar-refractivity contribution in [2.45, 2.75) is 65.6 Å². The molecule has 0 spiro atoms. The standard InChI is InChI=1S/C15H27N3O5S/c1-14(2,3)22-12(20)17-11(16-9-7-8-10(19)24)18-13(21)23-15(4,5)6/h7-9H2,1-6H3,(H,19,24)(H2,16,17,18,20,21). The Labute approximate surface area is 148 Å². The van der Waals surface area contributed by atoms with Crippen LogP contribution in [0.15, 0.2) is 4.99 Å². The summed E-state index contributed by atoms with van der Waals surface area (Å²) in [6.07, 6.45) is -0.790. The molecule has 0 rings (SSSR count). The predicted octanol–water partition coefficient (Wildman–Crippen LogP) is 3.06. The maximum Gasteiger partial charge on any atom is 0.437 e. The minimum absolute atomic E-state index is 0.0950. The lowest BCUT2D eigenvalue weighted by Gasteiger charge is -2.21. The number of rotatable bonds is 4. The minimum atomic E-state index is -0.848. The number of hydrogen-bond acceptors (Lipinski definition) is 5. The topological polar surface area (TPSA) is 109 Å². The van der Waals surface area contributed by atoms with Crippen molar-refractivity contribution in [2.75, 3.05) is 6.54 Å². The Balaban J connectivity index is 4.84. The van der Waals surface area contributed by atoms with Crippen LogP contribution in [0, 0.1) is 0 Å². The number of carbonyl (C=O) groups is 2. The van der Waals surface area contributed by atoms with Gasteiger partial charge in [-0.25, -0.2) is 9.59 Å². The molecule has 0 unspecified atom stereocenters. The van der Waals surface area contributed by atoms with E-state index >= 15 is 0 Å². The van der Waals surface area contributed by atoms with Crippen LogP contribution in [0.2, 0.25) is 0 Å². The Kier molecular flexibility index (Phi) is 8.66. The Morgan fingerprint density at radius 2 is 1.62 bits per heavy atom. The van der Waals surface area contributed by atoms with Crippen LogP contribution in [-0.4, -0.2) is 46.1 Å². The molecule has 24 heavy (non-hydrogen) atoms. The highest BCUT2D eigenvalue weighted by Crippen LogP contribution is 2.08. The van der Waals surface area contributed by atoms with E-state index in [-0.39, 0.29) is 11.0 Å². The molecule has 0 aromatic carbocycles. The summed E-state index contributed by atoms with van der Waals surface area (Å²) < 4.78 is 10.2. The van der Waals surface area contributed by atoms with Gasteiger partial charge < -0.3 is 19.9 Å². The van der Waals surface area contributed by atoms with Gasteiger partial charge in [0.2, 0.25) is 5.96 Å². The molecule has 0 aromatic rings. The molecule has 0 radical (unpaired) electrons. The van der Waals surface area contributed by atoms with Crippen LogP contribution in [0.25, 0.3) is 0 Å². The van der Waals surface area contributed by atoms with E-state index in [1.165, 1.54) is 0 Å². The molecular weight excluding hydrogens is 334 g/mol. The van der Waals surface area contributed by atoms with Gasteiger partial charge in [0.15, 0.2) is 5.05 Å². The maximum atomic E-state index is 11.8. The van der Waals surface area contributed by atoms with Gasteiger partial charge in [0.25, 0.3) is 0 Å². The minimum Gasteiger partial charge on any atom is -0.502 e. The van der Waals surface area contributed by atoms with Gasteiger partial charge in [-0.2, -0.15) is 0 Å². The van der Waals surface area contributed by atoms with Gasteiger partial charge in [0, 0.05) is 13.0 Å². The van der Waals surface area contributed by atoms with Crippen molar-refractivity contribution in [3.8, 4) is 0 Å². The van der Waals surface area contributed by atoms with Gasteiger partial charge in [-0.15, -0.1) is 4.99 Å². The SMILES string of the molecule is CC(C)(C)OC(=O)N=C(NCCCC(O)=S)NC(=O)OC(C)(C)C. The van der Waals surface area contributed by atoms with Gasteiger partial charge >= 0.3 is 12.2 Å². The van der Waals surface area contributed by atoms with Crippen LogP contribution in [0.3, 0.4) is 0 Å². The van der Waals surface area contributed by atoms with E-state index in [4.69, 9.17) is 14.6 Å². The fourth-order valence-electron chi connectivity index (χ4n) is 1.33. The summed E-state index contributed by atoms with van der Waals surface area (Å²) >= 11 is 4.57. The van der Waals surface area contributed by atoms with Gasteiger partial charge in [-0.1, -0.05) is 0 Å². The molecule has 0 atom stereocenters. The first-order chi connectivity index (χ1) is 10.8. The van der Waals surface area contributed by atoms with E-state index in [2.05, 4.69) is 27.8 Å². The molecule has 0 aliphatic carbocycles. The van der Waals surface area contributed by atoms with Crippen molar-refractivity contribution in [2.24, 2.45) is 4.99 Å². The lowest BCUT2D eigenvalue weighted by atomic mass is 10.2. The highest BCUT2D eigenvalue weighted by atomic mass is 32.1. The van der Waals surface area contributed by atoms with Crippen LogP contribution >= 0.6 is 12.2 Å². The number of guanidine groups is 1. The normalized spacial score (nSPS) is 12.3. The molecular formula is C15H27N3O5S. The Bertz CT molecular complexity index is 492. The van der Waals surface area contributed by atoms with E-state index in [0.29, 0.717) is 19.4 Å². The average molecular weight is 361 g/mol. The number of alkyl carbamates (subject to hydrolysis) is 1. The fourth-order valence-corrected chi connectivity index (χ4v) is 1.48. The van der Waals surface area contributed by atoms with E-state index < -0.39 is 23.4 Å². The molecule has 0 heterocycles. The molecule has 0 aliphatic heterocycles. The third-order valence-corrected chi connectivity index (χ3v) is 2.28. The molecule has 138 valence electrons. The maximum absolute atomic E-state index is 11.8. The largest absolute Gasteiger partial charge is 0.502 e. The van der Waals surface area contributed by atoms with Crippen molar-refractivity contribution in [1.82, 2.24) is 10.6 Å². The monoisotopic (exact) mass is 361 g/mol. The smallest absolute Gasteiger partial charge is 0.437 e. The summed E-state index contributed by atoms with van der Waals surface area (Å²) in [5.41, 5.74) is -1.40. The molecule has 0 bridgehead atoms. The highest BCUT2D eigenvalue weighted by Gasteiger charge is 2.20. The summed E-state index contributed by atoms with van der Waals surface area (Å²) in [6, 6.07) is 0. The highest BCUT2D eigenvalue weighted by molar-refractivity contribution is 7.80. The van der Waals surface area contributed by atoms with Crippen molar-refractivity contribution in [3.63, 3.8) is 0 Å². The summed E-state index contributed by atoms with van der Waals surface area (Å²) in [5, 5.41) is 14.0. The molecule has 0 saturated carbocycles. The molecule has 0 aromatic heterocycles. The van der Waals surface area contributed by atoms with Gasteiger partial charge in [0.1, 0.15) is 11.2 Å². The summed E-state index contributed by atoms with van der Waals surface area (Å²) in [7, 11) is 0. The number of nitrogens with zero attached hydrogens (tertiary/aromatic N) is 1. The molecule has 0 fully saturated rings. The summed E-state index contributed by atoms with van der Waals surface area (Å²) in [5.74, 6) is -0.0950. The third kappa shape index (κ3) is 13.7. The van der Waals surface area contributed by atoms with Crippen molar-refractivity contribution < 1.29 is 24.2 Å². The zero-order chi connectivity index (χ0) is 19.0. The lowest BCUT2D eigenvalue weighted by Crippen LogP contribution is -2.44. The zero-order valence-electron chi connectivity index (χ0n) is 15.1. The zero-order valence-corrected chi connectivity index (χ0v) is 15.9. The first kappa shape index (κ1) is 22.1. The predicted molar refractivity (Wildman–Crippen MR) is 95.5 cm³/mol. The van der Waals surface area contributed by atoms with Crippen molar-refractivity contribution in [3.05, 3.63) is 0 Å². The fraction of sp³-hybridized carbons (Fsp3) is 0.733. The van der Waals surface area contributed by atoms with Crippen LogP contribution in [0.1, 0.15) is 54.4 Å². The number of nitrogens with one attached hydrogen (secondary N) is 2. The summed E-state index contributed by atoms with van der Waals surface area (Å²) in [4.78, 5) is 27.3. The Morgan fingerprint density at radius 3 is 2.08 bits per heavy atom. The number of carbonyl (C=O) groups excluding carboxylic acids is 2.